The molecule has 0 spiro atoms. The number of carbonyl (C=O) groups excluding carboxylic acids is 1. The van der Waals surface area contributed by atoms with E-state index in [0.717, 1.165) is 30.2 Å². The van der Waals surface area contributed by atoms with Gasteiger partial charge in [-0.15, -0.1) is 0 Å². The molecule has 1 heterocycles. The average Bonchev–Trinajstić information content (AvgIpc) is 3.14. The number of nitrogens with zero attached hydrogens (tertiary/aromatic N) is 1. The lowest BCUT2D eigenvalue weighted by Gasteiger charge is -2.15. The number of carbonyl (C=O) groups is 1. The molecule has 1 aliphatic heterocycles. The summed E-state index contributed by atoms with van der Waals surface area (Å²) in [7, 11) is 0. The monoisotopic (exact) mass is 356 g/mol. The summed E-state index contributed by atoms with van der Waals surface area (Å²) in [5.74, 6) is 0.704. The highest BCUT2D eigenvalue weighted by Gasteiger charge is 2.12. The molecule has 2 aromatic carbocycles. The Morgan fingerprint density at radius 2 is 2.12 bits per heavy atom. The van der Waals surface area contributed by atoms with Crippen molar-refractivity contribution < 1.29 is 4.79 Å². The summed E-state index contributed by atoms with van der Waals surface area (Å²) in [6, 6.07) is 15.0. The highest BCUT2D eigenvalue weighted by Crippen LogP contribution is 2.18. The SMILES string of the molecule is C[C@H](NC(=O)c1cccc(CNC2=NCCN2)c1)c1cccc(Cl)c1. The number of aliphatic imine (C=N–C) groups is 1. The van der Waals surface area contributed by atoms with Crippen LogP contribution in [0.5, 0.6) is 0 Å². The maximum Gasteiger partial charge on any atom is 0.251 e. The van der Waals surface area contributed by atoms with E-state index in [-0.39, 0.29) is 11.9 Å². The standard InChI is InChI=1S/C19H21ClN4O/c1-13(15-5-3-7-17(20)11-15)24-18(25)16-6-2-4-14(10-16)12-23-19-21-8-9-22-19/h2-7,10-11,13H,8-9,12H2,1H3,(H,24,25)(H2,21,22,23)/t13-/m0/s1. The van der Waals surface area contributed by atoms with Crippen LogP contribution in [-0.2, 0) is 6.54 Å². The second kappa shape index (κ2) is 8.03. The van der Waals surface area contributed by atoms with Crippen molar-refractivity contribution in [3.63, 3.8) is 0 Å². The largest absolute Gasteiger partial charge is 0.355 e. The van der Waals surface area contributed by atoms with Gasteiger partial charge in [0.1, 0.15) is 0 Å². The van der Waals surface area contributed by atoms with Crippen LogP contribution in [0.25, 0.3) is 0 Å². The highest BCUT2D eigenvalue weighted by atomic mass is 35.5. The predicted octanol–water partition coefficient (Wildman–Crippen LogP) is 2.88. The van der Waals surface area contributed by atoms with Crippen LogP contribution >= 0.6 is 11.6 Å². The normalized spacial score (nSPS) is 14.4. The Labute approximate surface area is 152 Å². The third kappa shape index (κ3) is 4.73. The van der Waals surface area contributed by atoms with E-state index in [0.29, 0.717) is 17.1 Å². The molecule has 5 nitrogen and oxygen atoms in total. The summed E-state index contributed by atoms with van der Waals surface area (Å²) < 4.78 is 0. The van der Waals surface area contributed by atoms with E-state index in [1.807, 2.05) is 55.5 Å². The van der Waals surface area contributed by atoms with E-state index in [9.17, 15) is 4.79 Å². The van der Waals surface area contributed by atoms with Crippen LogP contribution < -0.4 is 16.0 Å². The molecular weight excluding hydrogens is 336 g/mol. The molecule has 1 amide bonds. The Morgan fingerprint density at radius 1 is 1.28 bits per heavy atom. The molecule has 6 heteroatoms. The molecule has 1 aliphatic rings. The van der Waals surface area contributed by atoms with Crippen molar-refractivity contribution in [3.8, 4) is 0 Å². The van der Waals surface area contributed by atoms with Gasteiger partial charge in [0.15, 0.2) is 5.96 Å². The number of guanidine groups is 1. The molecule has 0 radical (unpaired) electrons. The lowest BCUT2D eigenvalue weighted by molar-refractivity contribution is 0.0940. The van der Waals surface area contributed by atoms with Crippen molar-refractivity contribution in [2.75, 3.05) is 13.1 Å². The number of benzene rings is 2. The second-order valence-electron chi connectivity index (χ2n) is 5.96. The van der Waals surface area contributed by atoms with Gasteiger partial charge >= 0.3 is 0 Å². The molecule has 0 unspecified atom stereocenters. The number of nitrogens with one attached hydrogen (secondary N) is 3. The minimum atomic E-state index is -0.120. The van der Waals surface area contributed by atoms with Gasteiger partial charge in [0.25, 0.3) is 5.91 Å². The molecule has 2 aromatic rings. The van der Waals surface area contributed by atoms with Gasteiger partial charge in [-0.2, -0.15) is 0 Å². The first kappa shape index (κ1) is 17.3. The fourth-order valence-electron chi connectivity index (χ4n) is 2.66. The van der Waals surface area contributed by atoms with Crippen molar-refractivity contribution in [1.29, 1.82) is 0 Å². The summed E-state index contributed by atoms with van der Waals surface area (Å²) >= 11 is 6.02. The molecule has 0 fully saturated rings. The maximum absolute atomic E-state index is 12.5. The highest BCUT2D eigenvalue weighted by molar-refractivity contribution is 6.30. The Balaban J connectivity index is 1.62. The van der Waals surface area contributed by atoms with Crippen molar-refractivity contribution in [3.05, 3.63) is 70.2 Å². The predicted molar refractivity (Wildman–Crippen MR) is 101 cm³/mol. The van der Waals surface area contributed by atoms with Gasteiger partial charge in [0.05, 0.1) is 12.6 Å². The van der Waals surface area contributed by atoms with Crippen LogP contribution in [0.15, 0.2) is 53.5 Å². The van der Waals surface area contributed by atoms with E-state index in [4.69, 9.17) is 11.6 Å². The van der Waals surface area contributed by atoms with E-state index >= 15 is 0 Å². The fourth-order valence-corrected chi connectivity index (χ4v) is 2.86. The first-order valence-corrected chi connectivity index (χ1v) is 8.67. The van der Waals surface area contributed by atoms with Gasteiger partial charge in [-0.25, -0.2) is 0 Å². The summed E-state index contributed by atoms with van der Waals surface area (Å²) in [4.78, 5) is 16.8. The minimum Gasteiger partial charge on any atom is -0.355 e. The van der Waals surface area contributed by atoms with Gasteiger partial charge < -0.3 is 16.0 Å². The van der Waals surface area contributed by atoms with Crippen molar-refractivity contribution in [2.45, 2.75) is 19.5 Å². The van der Waals surface area contributed by atoms with Crippen molar-refractivity contribution in [1.82, 2.24) is 16.0 Å². The fraction of sp³-hybridized carbons (Fsp3) is 0.263. The Bertz CT molecular complexity index is 790. The number of hydrogen-bond donors (Lipinski definition) is 3. The topological polar surface area (TPSA) is 65.5 Å². The molecule has 0 saturated carbocycles. The molecule has 0 saturated heterocycles. The van der Waals surface area contributed by atoms with Gasteiger partial charge in [-0.3, -0.25) is 9.79 Å². The lowest BCUT2D eigenvalue weighted by Crippen LogP contribution is -2.33. The molecule has 3 rings (SSSR count). The maximum atomic E-state index is 12.5. The minimum absolute atomic E-state index is 0.106. The van der Waals surface area contributed by atoms with Gasteiger partial charge in [0, 0.05) is 23.7 Å². The zero-order chi connectivity index (χ0) is 17.6. The molecule has 1 atom stereocenters. The summed E-state index contributed by atoms with van der Waals surface area (Å²) in [6.07, 6.45) is 0. The molecule has 0 aromatic heterocycles. The molecule has 0 bridgehead atoms. The van der Waals surface area contributed by atoms with Crippen LogP contribution in [-0.4, -0.2) is 25.0 Å². The van der Waals surface area contributed by atoms with Crippen LogP contribution in [0.3, 0.4) is 0 Å². The Hall–Kier alpha value is -2.53. The van der Waals surface area contributed by atoms with Crippen LogP contribution in [0.2, 0.25) is 5.02 Å². The Morgan fingerprint density at radius 3 is 2.88 bits per heavy atom. The van der Waals surface area contributed by atoms with Crippen LogP contribution in [0.1, 0.15) is 34.5 Å². The zero-order valence-electron chi connectivity index (χ0n) is 14.1. The van der Waals surface area contributed by atoms with Crippen molar-refractivity contribution in [2.24, 2.45) is 4.99 Å². The summed E-state index contributed by atoms with van der Waals surface area (Å²) in [6.45, 7) is 4.23. The van der Waals surface area contributed by atoms with Gasteiger partial charge in [-0.05, 0) is 42.3 Å². The number of halogens is 1. The first-order chi connectivity index (χ1) is 12.1. The van der Waals surface area contributed by atoms with Crippen LogP contribution in [0.4, 0.5) is 0 Å². The average molecular weight is 357 g/mol. The molecule has 3 N–H and O–H groups in total. The number of hydrogen-bond acceptors (Lipinski definition) is 4. The smallest absolute Gasteiger partial charge is 0.251 e. The second-order valence-corrected chi connectivity index (χ2v) is 6.40. The van der Waals surface area contributed by atoms with E-state index in [1.54, 1.807) is 0 Å². The zero-order valence-corrected chi connectivity index (χ0v) is 14.8. The quantitative estimate of drug-likeness (QED) is 0.771. The van der Waals surface area contributed by atoms with E-state index in [2.05, 4.69) is 20.9 Å². The molecule has 25 heavy (non-hydrogen) atoms. The molecule has 0 aliphatic carbocycles. The summed E-state index contributed by atoms with van der Waals surface area (Å²) in [5.41, 5.74) is 2.64. The summed E-state index contributed by atoms with van der Waals surface area (Å²) in [5, 5.41) is 10.1. The third-order valence-corrected chi connectivity index (χ3v) is 4.25. The number of amides is 1. The number of rotatable bonds is 5. The van der Waals surface area contributed by atoms with E-state index < -0.39 is 0 Å². The van der Waals surface area contributed by atoms with Crippen molar-refractivity contribution >= 4 is 23.5 Å². The van der Waals surface area contributed by atoms with Crippen LogP contribution in [0, 0.1) is 0 Å². The molecular formula is C19H21ClN4O. The van der Waals surface area contributed by atoms with E-state index in [1.165, 1.54) is 0 Å². The molecule has 130 valence electrons. The van der Waals surface area contributed by atoms with Gasteiger partial charge in [0.2, 0.25) is 0 Å². The first-order valence-electron chi connectivity index (χ1n) is 8.29. The van der Waals surface area contributed by atoms with Gasteiger partial charge in [-0.1, -0.05) is 35.9 Å². The lowest BCUT2D eigenvalue weighted by atomic mass is 10.1. The third-order valence-electron chi connectivity index (χ3n) is 4.02. The Kier molecular flexibility index (Phi) is 5.56.